The van der Waals surface area contributed by atoms with E-state index in [9.17, 15) is 4.79 Å². The number of anilines is 1. The minimum atomic E-state index is -0.273. The van der Waals surface area contributed by atoms with Gasteiger partial charge >= 0.3 is 0 Å². The molecule has 0 unspecified atom stereocenters. The normalized spacial score (nSPS) is 11.0. The van der Waals surface area contributed by atoms with Crippen LogP contribution in [0.1, 0.15) is 16.1 Å². The third kappa shape index (κ3) is 4.19. The summed E-state index contributed by atoms with van der Waals surface area (Å²) in [4.78, 5) is 22.1. The van der Waals surface area contributed by atoms with Gasteiger partial charge in [0.25, 0.3) is 5.91 Å². The van der Waals surface area contributed by atoms with Crippen LogP contribution < -0.4 is 14.8 Å². The third-order valence-corrected chi connectivity index (χ3v) is 5.81. The molecule has 3 heterocycles. The van der Waals surface area contributed by atoms with Crippen LogP contribution in [-0.4, -0.2) is 44.3 Å². The maximum Gasteiger partial charge on any atom is 0.273 e. The van der Waals surface area contributed by atoms with Gasteiger partial charge in [-0.1, -0.05) is 12.1 Å². The highest BCUT2D eigenvalue weighted by Crippen LogP contribution is 2.33. The number of imidazole rings is 1. The number of nitrogens with one attached hydrogen (secondary N) is 1. The van der Waals surface area contributed by atoms with E-state index < -0.39 is 0 Å². The molecule has 0 saturated carbocycles. The molecule has 0 radical (unpaired) electrons. The minimum Gasteiger partial charge on any atom is -0.497 e. The maximum atomic E-state index is 13.2. The Kier molecular flexibility index (Phi) is 5.66. The number of benzene rings is 2. The highest BCUT2D eigenvalue weighted by Gasteiger charge is 2.18. The summed E-state index contributed by atoms with van der Waals surface area (Å²) in [5.41, 5.74) is 5.03. The van der Waals surface area contributed by atoms with Crippen LogP contribution in [0.5, 0.6) is 11.5 Å². The van der Waals surface area contributed by atoms with Gasteiger partial charge in [0.2, 0.25) is 5.78 Å². The van der Waals surface area contributed by atoms with Crippen LogP contribution in [-0.2, 0) is 7.05 Å². The zero-order chi connectivity index (χ0) is 24.5. The smallest absolute Gasteiger partial charge is 0.273 e. The molecule has 9 nitrogen and oxygen atoms in total. The van der Waals surface area contributed by atoms with Gasteiger partial charge in [-0.25, -0.2) is 9.97 Å². The molecule has 5 rings (SSSR count). The highest BCUT2D eigenvalue weighted by atomic mass is 16.5. The number of carbonyl (C=O) groups is 1. The molecule has 2 aromatic carbocycles. The Labute approximate surface area is 202 Å². The van der Waals surface area contributed by atoms with Crippen LogP contribution in [0, 0.1) is 6.92 Å². The van der Waals surface area contributed by atoms with Crippen LogP contribution in [0.15, 0.2) is 67.1 Å². The number of amides is 1. The zero-order valence-electron chi connectivity index (χ0n) is 19.8. The first-order chi connectivity index (χ1) is 17.0. The predicted molar refractivity (Wildman–Crippen MR) is 133 cm³/mol. The average Bonchev–Trinajstić information content (AvgIpc) is 3.48. The van der Waals surface area contributed by atoms with E-state index in [1.165, 1.54) is 0 Å². The summed E-state index contributed by atoms with van der Waals surface area (Å²) >= 11 is 0. The molecule has 1 amide bonds. The Bertz CT molecular complexity index is 1520. The first-order valence-electron chi connectivity index (χ1n) is 11.0. The Morgan fingerprint density at radius 3 is 2.66 bits per heavy atom. The molecule has 0 aliphatic carbocycles. The van der Waals surface area contributed by atoms with E-state index in [1.807, 2.05) is 66.2 Å². The second-order valence-corrected chi connectivity index (χ2v) is 8.04. The van der Waals surface area contributed by atoms with Crippen LogP contribution in [0.2, 0.25) is 0 Å². The number of methoxy groups -OCH3 is 2. The van der Waals surface area contributed by atoms with E-state index in [0.717, 1.165) is 22.4 Å². The lowest BCUT2D eigenvalue weighted by Gasteiger charge is -2.10. The van der Waals surface area contributed by atoms with Gasteiger partial charge in [-0.15, -0.1) is 0 Å². The second kappa shape index (κ2) is 8.94. The van der Waals surface area contributed by atoms with Crippen molar-refractivity contribution in [1.82, 2.24) is 24.1 Å². The van der Waals surface area contributed by atoms with Crippen molar-refractivity contribution in [1.29, 1.82) is 0 Å². The van der Waals surface area contributed by atoms with E-state index in [-0.39, 0.29) is 5.91 Å². The van der Waals surface area contributed by atoms with Crippen molar-refractivity contribution >= 4 is 17.4 Å². The van der Waals surface area contributed by atoms with Crippen molar-refractivity contribution in [3.8, 4) is 34.0 Å². The summed E-state index contributed by atoms with van der Waals surface area (Å²) in [6.45, 7) is 1.94. The number of carbonyl (C=O) groups excluding carboxylic acids is 1. The number of nitrogens with zero attached hydrogens (tertiary/aromatic N) is 5. The lowest BCUT2D eigenvalue weighted by atomic mass is 10.1. The SMILES string of the molecule is COc1ccc(OC)c(-c2cc(C(=O)Nc3cc(-c4cn5cccnc5n4)ccc3C)n(C)n2)c1. The van der Waals surface area contributed by atoms with Crippen molar-refractivity contribution in [2.45, 2.75) is 6.92 Å². The highest BCUT2D eigenvalue weighted by molar-refractivity contribution is 6.04. The van der Waals surface area contributed by atoms with Crippen LogP contribution in [0.25, 0.3) is 28.3 Å². The van der Waals surface area contributed by atoms with Crippen molar-refractivity contribution in [2.24, 2.45) is 7.05 Å². The van der Waals surface area contributed by atoms with Crippen LogP contribution >= 0.6 is 0 Å². The molecule has 0 aliphatic rings. The van der Waals surface area contributed by atoms with Gasteiger partial charge in [-0.3, -0.25) is 13.9 Å². The van der Waals surface area contributed by atoms with E-state index in [2.05, 4.69) is 20.4 Å². The standard InChI is InChI=1S/C26H24N6O3/c1-16-6-7-17(22-15-32-11-5-10-27-26(32)29-22)12-20(16)28-25(33)23-14-21(30-31(23)2)19-13-18(34-3)8-9-24(19)35-4/h5-15H,1-4H3,(H,28,33). The number of ether oxygens (including phenoxy) is 2. The van der Waals surface area contributed by atoms with Gasteiger partial charge < -0.3 is 14.8 Å². The van der Waals surface area contributed by atoms with Crippen molar-refractivity contribution in [2.75, 3.05) is 19.5 Å². The summed E-state index contributed by atoms with van der Waals surface area (Å²) in [5, 5.41) is 7.56. The van der Waals surface area contributed by atoms with Crippen molar-refractivity contribution < 1.29 is 14.3 Å². The lowest BCUT2D eigenvalue weighted by molar-refractivity contribution is 0.101. The molecule has 0 atom stereocenters. The molecule has 176 valence electrons. The van der Waals surface area contributed by atoms with E-state index in [0.29, 0.717) is 34.4 Å². The van der Waals surface area contributed by atoms with Gasteiger partial charge in [0, 0.05) is 42.5 Å². The lowest BCUT2D eigenvalue weighted by Crippen LogP contribution is -2.16. The number of rotatable bonds is 6. The molecule has 3 aromatic heterocycles. The number of fused-ring (bicyclic) bond motifs is 1. The topological polar surface area (TPSA) is 95.6 Å². The molecule has 0 bridgehead atoms. The number of hydrogen-bond acceptors (Lipinski definition) is 6. The molecule has 5 aromatic rings. The third-order valence-electron chi connectivity index (χ3n) is 5.81. The van der Waals surface area contributed by atoms with Crippen LogP contribution in [0.4, 0.5) is 5.69 Å². The summed E-state index contributed by atoms with van der Waals surface area (Å²) in [7, 11) is 4.93. The Balaban J connectivity index is 1.45. The molecular weight excluding hydrogens is 444 g/mol. The van der Waals surface area contributed by atoms with Gasteiger partial charge in [0.15, 0.2) is 0 Å². The number of aryl methyl sites for hydroxylation is 2. The summed E-state index contributed by atoms with van der Waals surface area (Å²) in [6, 6.07) is 14.9. The van der Waals surface area contributed by atoms with Crippen molar-refractivity contribution in [3.05, 3.63) is 78.4 Å². The fourth-order valence-electron chi connectivity index (χ4n) is 3.90. The zero-order valence-corrected chi connectivity index (χ0v) is 19.8. The Hall–Kier alpha value is -4.66. The monoisotopic (exact) mass is 468 g/mol. The first-order valence-corrected chi connectivity index (χ1v) is 11.0. The van der Waals surface area contributed by atoms with E-state index in [1.54, 1.807) is 38.2 Å². The molecule has 0 aliphatic heterocycles. The van der Waals surface area contributed by atoms with Crippen molar-refractivity contribution in [3.63, 3.8) is 0 Å². The molecular formula is C26H24N6O3. The molecule has 0 spiro atoms. The van der Waals surface area contributed by atoms with Crippen LogP contribution in [0.3, 0.4) is 0 Å². The van der Waals surface area contributed by atoms with Gasteiger partial charge in [-0.05, 0) is 48.9 Å². The molecule has 35 heavy (non-hydrogen) atoms. The molecule has 0 fully saturated rings. The molecule has 1 N–H and O–H groups in total. The summed E-state index contributed by atoms with van der Waals surface area (Å²) in [5.74, 6) is 1.66. The van der Waals surface area contributed by atoms with E-state index >= 15 is 0 Å². The fraction of sp³-hybridized carbons (Fsp3) is 0.154. The number of aromatic nitrogens is 5. The largest absolute Gasteiger partial charge is 0.497 e. The Morgan fingerprint density at radius 2 is 1.89 bits per heavy atom. The quantitative estimate of drug-likeness (QED) is 0.398. The first kappa shape index (κ1) is 22.1. The maximum absolute atomic E-state index is 13.2. The molecule has 0 saturated heterocycles. The van der Waals surface area contributed by atoms with Gasteiger partial charge in [0.1, 0.15) is 17.2 Å². The fourth-order valence-corrected chi connectivity index (χ4v) is 3.90. The summed E-state index contributed by atoms with van der Waals surface area (Å²) in [6.07, 6.45) is 5.51. The van der Waals surface area contributed by atoms with Gasteiger partial charge in [0.05, 0.1) is 25.6 Å². The predicted octanol–water partition coefficient (Wildman–Crippen LogP) is 4.37. The van der Waals surface area contributed by atoms with E-state index in [4.69, 9.17) is 9.47 Å². The average molecular weight is 469 g/mol. The number of hydrogen-bond donors (Lipinski definition) is 1. The molecule has 9 heteroatoms. The second-order valence-electron chi connectivity index (χ2n) is 8.04. The minimum absolute atomic E-state index is 0.273. The summed E-state index contributed by atoms with van der Waals surface area (Å²) < 4.78 is 14.2. The Morgan fingerprint density at radius 1 is 1.03 bits per heavy atom. The van der Waals surface area contributed by atoms with Gasteiger partial charge in [-0.2, -0.15) is 5.10 Å².